The van der Waals surface area contributed by atoms with Gasteiger partial charge in [0.05, 0.1) is 0 Å². The molecule has 0 spiro atoms. The van der Waals surface area contributed by atoms with Crippen LogP contribution >= 0.6 is 0 Å². The first kappa shape index (κ1) is 35.4. The third-order valence-corrected chi connectivity index (χ3v) is 2.57. The third kappa shape index (κ3) is 13.6. The van der Waals surface area contributed by atoms with E-state index in [9.17, 15) is 0 Å². The summed E-state index contributed by atoms with van der Waals surface area (Å²) in [6.07, 6.45) is 0. The molecule has 2 aromatic carbocycles. The van der Waals surface area contributed by atoms with E-state index in [-0.39, 0.29) is 73.7 Å². The van der Waals surface area contributed by atoms with Gasteiger partial charge in [-0.25, -0.2) is 0 Å². The Morgan fingerprint density at radius 3 is 1.83 bits per heavy atom. The summed E-state index contributed by atoms with van der Waals surface area (Å²) >= 11 is 1.35. The molecule has 0 aromatic heterocycles. The van der Waals surface area contributed by atoms with E-state index >= 15 is 0 Å². The van der Waals surface area contributed by atoms with Gasteiger partial charge in [0, 0.05) is 0 Å². The number of aliphatic imine (C=N–C) groups is 1. The van der Waals surface area contributed by atoms with Crippen LogP contribution in [-0.2, 0) is 19.4 Å². The van der Waals surface area contributed by atoms with Gasteiger partial charge in [0.25, 0.3) is 0 Å². The quantitative estimate of drug-likeness (QED) is 0.334. The summed E-state index contributed by atoms with van der Waals surface area (Å²) in [6.45, 7) is 8.00. The van der Waals surface area contributed by atoms with Crippen molar-refractivity contribution >= 4 is 10.2 Å². The zero-order valence-electron chi connectivity index (χ0n) is 15.6. The molecule has 0 atom stereocenters. The summed E-state index contributed by atoms with van der Waals surface area (Å²) in [6, 6.07) is 21.3. The van der Waals surface area contributed by atoms with Crippen LogP contribution in [0, 0.1) is 20.9 Å². The summed E-state index contributed by atoms with van der Waals surface area (Å²) in [5.41, 5.74) is 3.14. The van der Waals surface area contributed by atoms with Crippen LogP contribution in [-0.4, -0.2) is 10.2 Å². The average Bonchev–Trinajstić information content (AvgIpc) is 2.58. The Bertz CT molecular complexity index is 454. The molecule has 130 valence electrons. The molecule has 0 aliphatic carbocycles. The fourth-order valence-electron chi connectivity index (χ4n) is 1.49. The normalized spacial score (nSPS) is 7.92. The number of benzene rings is 2. The fourth-order valence-corrected chi connectivity index (χ4v) is 1.87. The molecular formula is C21H32KNW-2. The second-order valence-corrected chi connectivity index (χ2v) is 3.98. The number of nitrogens with zero attached hydrogens (tertiary/aromatic N) is 1. The Balaban J connectivity index is -0.000000140. The summed E-state index contributed by atoms with van der Waals surface area (Å²) < 4.78 is 1.89. The first-order chi connectivity index (χ1) is 9.92. The second kappa shape index (κ2) is 25.5. The van der Waals surface area contributed by atoms with Crippen molar-refractivity contribution in [3.63, 3.8) is 0 Å². The van der Waals surface area contributed by atoms with Gasteiger partial charge in [0.15, 0.2) is 0 Å². The molecule has 0 heterocycles. The van der Waals surface area contributed by atoms with E-state index in [4.69, 9.17) is 0 Å². The first-order valence-corrected chi connectivity index (χ1v) is 8.65. The van der Waals surface area contributed by atoms with Gasteiger partial charge < -0.3 is 14.9 Å². The minimum absolute atomic E-state index is 0. The molecule has 0 fully saturated rings. The van der Waals surface area contributed by atoms with E-state index in [1.165, 1.54) is 19.4 Å². The van der Waals surface area contributed by atoms with Crippen LogP contribution in [0.3, 0.4) is 0 Å². The molecule has 0 N–H and O–H groups in total. The van der Waals surface area contributed by atoms with E-state index in [2.05, 4.69) is 23.2 Å². The van der Waals surface area contributed by atoms with E-state index in [1.54, 1.807) is 0 Å². The molecule has 3 heteroatoms. The van der Waals surface area contributed by atoms with Crippen molar-refractivity contribution in [2.45, 2.75) is 35.1 Å². The van der Waals surface area contributed by atoms with Crippen LogP contribution < -0.4 is 51.4 Å². The molecule has 2 aromatic rings. The predicted octanol–water partition coefficient (Wildman–Crippen LogP) is 3.22. The van der Waals surface area contributed by atoms with E-state index in [0.717, 1.165) is 16.8 Å². The van der Waals surface area contributed by atoms with E-state index < -0.39 is 0 Å². The van der Waals surface area contributed by atoms with Gasteiger partial charge in [-0.1, -0.05) is 35.1 Å². The van der Waals surface area contributed by atoms with Crippen molar-refractivity contribution in [1.82, 2.24) is 0 Å². The van der Waals surface area contributed by atoms with Gasteiger partial charge in [-0.2, -0.15) is 0 Å². The molecule has 0 aliphatic rings. The number of hydrogen-bond donors (Lipinski definition) is 0. The predicted molar refractivity (Wildman–Crippen MR) is 106 cm³/mol. The zero-order chi connectivity index (χ0) is 15.2. The standard InChI is InChI=1S/C14H10N.2C2H6.CH4.2CH3.K.W/c1-15-14(12-8-4-2-5-9-12)13-10-6-3-7-11-13;2*1-2;;;;;/h1-10H;2*1-2H3;1H4;2*1H3;;/q-1;;;;2*-1;+1;. The Kier molecular flexibility index (Phi) is 37.7. The SMILES string of the molecule is C.CC.CC.[CH3-].[CH3-].[K+].[W]=[CH]N=C(c1[c-]cccc1)c1ccccc1. The van der Waals surface area contributed by atoms with Gasteiger partial charge >= 0.3 is 158 Å². The molecule has 0 aliphatic heterocycles. The maximum absolute atomic E-state index is 4.46. The summed E-state index contributed by atoms with van der Waals surface area (Å²) in [7, 11) is 0. The topological polar surface area (TPSA) is 12.4 Å². The third-order valence-electron chi connectivity index (χ3n) is 2.19. The van der Waals surface area contributed by atoms with E-state index in [0.29, 0.717) is 0 Å². The Labute approximate surface area is 205 Å². The molecule has 0 saturated carbocycles. The maximum atomic E-state index is 4.46. The Hall–Kier alpha value is 0.305. The van der Waals surface area contributed by atoms with Crippen molar-refractivity contribution < 1.29 is 70.7 Å². The minimum atomic E-state index is 0. The Morgan fingerprint density at radius 1 is 0.917 bits per heavy atom. The molecule has 1 nitrogen and oxygen atoms in total. The second-order valence-electron chi connectivity index (χ2n) is 3.23. The summed E-state index contributed by atoms with van der Waals surface area (Å²) in [5.74, 6) is 0. The summed E-state index contributed by atoms with van der Waals surface area (Å²) in [4.78, 5) is 4.46. The molecule has 0 radical (unpaired) electrons. The van der Waals surface area contributed by atoms with E-state index in [1.807, 2.05) is 74.7 Å². The van der Waals surface area contributed by atoms with Gasteiger partial charge in [-0.3, -0.25) is 0 Å². The number of hydrogen-bond acceptors (Lipinski definition) is 1. The van der Waals surface area contributed by atoms with Gasteiger partial charge in [-0.05, 0) is 0 Å². The van der Waals surface area contributed by atoms with Gasteiger partial charge in [-0.15, -0.1) is 0 Å². The fraction of sp³-hybridized carbons (Fsp3) is 0.238. The van der Waals surface area contributed by atoms with Crippen LogP contribution in [0.1, 0.15) is 46.2 Å². The molecule has 0 unspecified atom stereocenters. The molecular weight excluding hydrogens is 489 g/mol. The number of rotatable bonds is 3. The molecule has 24 heavy (non-hydrogen) atoms. The van der Waals surface area contributed by atoms with Crippen molar-refractivity contribution in [3.8, 4) is 0 Å². The Morgan fingerprint density at radius 2 is 1.42 bits per heavy atom. The van der Waals surface area contributed by atoms with Gasteiger partial charge in [0.2, 0.25) is 0 Å². The van der Waals surface area contributed by atoms with Crippen molar-refractivity contribution in [2.75, 3.05) is 0 Å². The van der Waals surface area contributed by atoms with Crippen molar-refractivity contribution in [3.05, 3.63) is 86.6 Å². The molecule has 0 bridgehead atoms. The molecule has 0 saturated heterocycles. The molecule has 0 amide bonds. The zero-order valence-corrected chi connectivity index (χ0v) is 21.7. The van der Waals surface area contributed by atoms with Crippen molar-refractivity contribution in [1.29, 1.82) is 0 Å². The molecule has 2 rings (SSSR count). The van der Waals surface area contributed by atoms with Gasteiger partial charge in [0.1, 0.15) is 0 Å². The van der Waals surface area contributed by atoms with Crippen LogP contribution in [0.4, 0.5) is 0 Å². The first-order valence-electron chi connectivity index (χ1n) is 6.96. The van der Waals surface area contributed by atoms with Crippen LogP contribution in [0.15, 0.2) is 59.6 Å². The monoisotopic (exact) mass is 521 g/mol. The van der Waals surface area contributed by atoms with Crippen LogP contribution in [0.25, 0.3) is 0 Å². The van der Waals surface area contributed by atoms with Crippen molar-refractivity contribution in [2.24, 2.45) is 4.99 Å². The summed E-state index contributed by atoms with van der Waals surface area (Å²) in [5, 5.41) is 0. The average molecular weight is 521 g/mol. The van der Waals surface area contributed by atoms with Crippen LogP contribution in [0.5, 0.6) is 0 Å². The van der Waals surface area contributed by atoms with Crippen LogP contribution in [0.2, 0.25) is 0 Å².